The zero-order valence-electron chi connectivity index (χ0n) is 12.4. The summed E-state index contributed by atoms with van der Waals surface area (Å²) in [5.41, 5.74) is 0.521. The highest BCUT2D eigenvalue weighted by atomic mass is 79.9. The van der Waals surface area contributed by atoms with E-state index in [0.29, 0.717) is 11.4 Å². The zero-order valence-corrected chi connectivity index (χ0v) is 15.5. The maximum absolute atomic E-state index is 12.8. The van der Waals surface area contributed by atoms with Crippen LogP contribution in [0.15, 0.2) is 63.5 Å². The van der Waals surface area contributed by atoms with E-state index in [1.165, 1.54) is 24.3 Å². The Bertz CT molecular complexity index is 897. The molecular weight excluding hydrogens is 441 g/mol. The monoisotopic (exact) mass is 451 g/mol. The molecule has 24 heavy (non-hydrogen) atoms. The zero-order chi connectivity index (χ0) is 17.1. The number of rotatable bonds is 4. The fourth-order valence-electron chi connectivity index (χ4n) is 2.23. The van der Waals surface area contributed by atoms with Crippen molar-refractivity contribution in [2.75, 3.05) is 11.9 Å². The third-order valence-corrected chi connectivity index (χ3v) is 4.68. The molecule has 3 rings (SSSR count). The Morgan fingerprint density at radius 3 is 2.54 bits per heavy atom. The number of anilines is 1. The quantitative estimate of drug-likeness (QED) is 0.565. The molecule has 122 valence electrons. The second-order valence-corrected chi connectivity index (χ2v) is 6.80. The van der Waals surface area contributed by atoms with Gasteiger partial charge < -0.3 is 10.1 Å². The van der Waals surface area contributed by atoms with E-state index in [2.05, 4.69) is 37.2 Å². The van der Waals surface area contributed by atoms with E-state index < -0.39 is 0 Å². The average molecular weight is 453 g/mol. The maximum atomic E-state index is 12.8. The molecule has 0 spiro atoms. The first-order chi connectivity index (χ1) is 11.5. The van der Waals surface area contributed by atoms with Crippen LogP contribution in [0.2, 0.25) is 0 Å². The largest absolute Gasteiger partial charge is 0.483 e. The van der Waals surface area contributed by atoms with Crippen LogP contribution in [0.5, 0.6) is 5.75 Å². The molecule has 0 saturated carbocycles. The molecule has 0 heterocycles. The molecule has 0 atom stereocenters. The minimum Gasteiger partial charge on any atom is -0.483 e. The van der Waals surface area contributed by atoms with Crippen LogP contribution in [-0.4, -0.2) is 12.5 Å². The Hall–Kier alpha value is -1.92. The third-order valence-electron chi connectivity index (χ3n) is 3.37. The standard InChI is InChI=1S/C18H12Br2FNO2/c19-12-2-7-15-11(9-12)1-8-16(18(15)20)24-10-17(23)22-14-5-3-13(21)4-6-14/h1-9H,10H2,(H,22,23). The van der Waals surface area contributed by atoms with E-state index >= 15 is 0 Å². The fourth-order valence-corrected chi connectivity index (χ4v) is 3.21. The molecule has 0 aliphatic heterocycles. The van der Waals surface area contributed by atoms with Crippen LogP contribution in [0.25, 0.3) is 10.8 Å². The molecule has 1 amide bonds. The molecule has 3 nitrogen and oxygen atoms in total. The summed E-state index contributed by atoms with van der Waals surface area (Å²) in [6.45, 7) is -0.141. The van der Waals surface area contributed by atoms with E-state index in [-0.39, 0.29) is 18.3 Å². The lowest BCUT2D eigenvalue weighted by Crippen LogP contribution is -2.20. The Balaban J connectivity index is 1.69. The van der Waals surface area contributed by atoms with Crippen molar-refractivity contribution < 1.29 is 13.9 Å². The van der Waals surface area contributed by atoms with Gasteiger partial charge in [0.15, 0.2) is 6.61 Å². The molecule has 0 aliphatic carbocycles. The summed E-state index contributed by atoms with van der Waals surface area (Å²) >= 11 is 6.96. The highest BCUT2D eigenvalue weighted by molar-refractivity contribution is 9.11. The molecule has 6 heteroatoms. The third kappa shape index (κ3) is 3.94. The normalized spacial score (nSPS) is 10.6. The second-order valence-electron chi connectivity index (χ2n) is 5.09. The lowest BCUT2D eigenvalue weighted by atomic mass is 10.1. The van der Waals surface area contributed by atoms with Gasteiger partial charge >= 0.3 is 0 Å². The number of hydrogen-bond acceptors (Lipinski definition) is 2. The van der Waals surface area contributed by atoms with E-state index in [1.807, 2.05) is 30.3 Å². The minimum absolute atomic E-state index is 0.141. The summed E-state index contributed by atoms with van der Waals surface area (Å²) in [5.74, 6) is -0.0838. The highest BCUT2D eigenvalue weighted by Crippen LogP contribution is 2.34. The van der Waals surface area contributed by atoms with Crippen LogP contribution in [0.3, 0.4) is 0 Å². The van der Waals surface area contributed by atoms with Gasteiger partial charge in [0.25, 0.3) is 5.91 Å². The smallest absolute Gasteiger partial charge is 0.262 e. The first-order valence-electron chi connectivity index (χ1n) is 7.09. The summed E-state index contributed by atoms with van der Waals surface area (Å²) in [5, 5.41) is 4.70. The van der Waals surface area contributed by atoms with Gasteiger partial charge in [-0.15, -0.1) is 0 Å². The van der Waals surface area contributed by atoms with Gasteiger partial charge in [0.1, 0.15) is 11.6 Å². The van der Waals surface area contributed by atoms with Crippen LogP contribution in [-0.2, 0) is 4.79 Å². The number of halogens is 3. The summed E-state index contributed by atoms with van der Waals surface area (Å²) in [6.07, 6.45) is 0. The number of carbonyl (C=O) groups is 1. The molecule has 3 aromatic rings. The molecule has 0 saturated heterocycles. The van der Waals surface area contributed by atoms with Gasteiger partial charge in [0.2, 0.25) is 0 Å². The Labute approximate surface area is 155 Å². The summed E-state index contributed by atoms with van der Waals surface area (Å²) < 4.78 is 20.2. The van der Waals surface area contributed by atoms with Crippen LogP contribution in [0, 0.1) is 5.82 Å². The summed E-state index contributed by atoms with van der Waals surface area (Å²) in [6, 6.07) is 15.2. The van der Waals surface area contributed by atoms with Crippen LogP contribution in [0.4, 0.5) is 10.1 Å². The van der Waals surface area contributed by atoms with Gasteiger partial charge in [-0.2, -0.15) is 0 Å². The predicted octanol–water partition coefficient (Wildman–Crippen LogP) is 5.52. The van der Waals surface area contributed by atoms with Crippen LogP contribution in [0.1, 0.15) is 0 Å². The van der Waals surface area contributed by atoms with E-state index in [1.54, 1.807) is 0 Å². The van der Waals surface area contributed by atoms with Gasteiger partial charge in [0, 0.05) is 10.2 Å². The van der Waals surface area contributed by atoms with Crippen molar-refractivity contribution in [2.24, 2.45) is 0 Å². The van der Waals surface area contributed by atoms with Crippen molar-refractivity contribution in [2.45, 2.75) is 0 Å². The van der Waals surface area contributed by atoms with Crippen LogP contribution < -0.4 is 10.1 Å². The molecule has 1 N–H and O–H groups in total. The second kappa shape index (κ2) is 7.32. The first-order valence-corrected chi connectivity index (χ1v) is 8.67. The van der Waals surface area contributed by atoms with Gasteiger partial charge in [-0.05, 0) is 69.2 Å². The van der Waals surface area contributed by atoms with Gasteiger partial charge in [-0.1, -0.05) is 28.1 Å². The Morgan fingerprint density at radius 1 is 1.04 bits per heavy atom. The number of hydrogen-bond donors (Lipinski definition) is 1. The van der Waals surface area contributed by atoms with E-state index in [0.717, 1.165) is 19.7 Å². The van der Waals surface area contributed by atoms with Crippen molar-refractivity contribution in [3.8, 4) is 5.75 Å². The average Bonchev–Trinajstić information content (AvgIpc) is 2.56. The fraction of sp³-hybridized carbons (Fsp3) is 0.0556. The van der Waals surface area contributed by atoms with Gasteiger partial charge in [-0.25, -0.2) is 4.39 Å². The van der Waals surface area contributed by atoms with E-state index in [4.69, 9.17) is 4.74 Å². The first kappa shape index (κ1) is 16.9. The predicted molar refractivity (Wildman–Crippen MR) is 99.9 cm³/mol. The molecule has 0 unspecified atom stereocenters. The van der Waals surface area contributed by atoms with Crippen molar-refractivity contribution in [3.05, 3.63) is 69.4 Å². The van der Waals surface area contributed by atoms with Crippen LogP contribution >= 0.6 is 31.9 Å². The van der Waals surface area contributed by atoms with E-state index in [9.17, 15) is 9.18 Å². The van der Waals surface area contributed by atoms with Crippen molar-refractivity contribution in [1.29, 1.82) is 0 Å². The number of benzene rings is 3. The van der Waals surface area contributed by atoms with Crippen molar-refractivity contribution >= 4 is 54.2 Å². The van der Waals surface area contributed by atoms with Crippen molar-refractivity contribution in [1.82, 2.24) is 0 Å². The van der Waals surface area contributed by atoms with Gasteiger partial charge in [-0.3, -0.25) is 4.79 Å². The SMILES string of the molecule is O=C(COc1ccc2cc(Br)ccc2c1Br)Nc1ccc(F)cc1. The number of fused-ring (bicyclic) bond motifs is 1. The maximum Gasteiger partial charge on any atom is 0.262 e. The number of ether oxygens (including phenoxy) is 1. The molecule has 0 aromatic heterocycles. The summed E-state index contributed by atoms with van der Waals surface area (Å²) in [4.78, 5) is 11.9. The lowest BCUT2D eigenvalue weighted by molar-refractivity contribution is -0.118. The number of amides is 1. The summed E-state index contributed by atoms with van der Waals surface area (Å²) in [7, 11) is 0. The molecule has 0 fully saturated rings. The van der Waals surface area contributed by atoms with Crippen molar-refractivity contribution in [3.63, 3.8) is 0 Å². The number of nitrogens with one attached hydrogen (secondary N) is 1. The lowest BCUT2D eigenvalue weighted by Gasteiger charge is -2.11. The Kier molecular flexibility index (Phi) is 5.16. The molecule has 3 aromatic carbocycles. The molecule has 0 radical (unpaired) electrons. The highest BCUT2D eigenvalue weighted by Gasteiger charge is 2.09. The minimum atomic E-state index is -0.351. The van der Waals surface area contributed by atoms with Gasteiger partial charge in [0.05, 0.1) is 4.47 Å². The number of carbonyl (C=O) groups excluding carboxylic acids is 1. The topological polar surface area (TPSA) is 38.3 Å². The Morgan fingerprint density at radius 2 is 1.79 bits per heavy atom. The molecular formula is C18H12Br2FNO2. The molecule has 0 bridgehead atoms. The molecule has 0 aliphatic rings.